The number of nitrogens with zero attached hydrogens (tertiary/aromatic N) is 2. The molecule has 2 saturated heterocycles. The van der Waals surface area contributed by atoms with Crippen molar-refractivity contribution in [2.24, 2.45) is 5.92 Å². The smallest absolute Gasteiger partial charge is 0.326 e. The van der Waals surface area contributed by atoms with E-state index in [1.165, 1.54) is 7.11 Å². The number of methoxy groups -OCH3 is 1. The predicted octanol–water partition coefficient (Wildman–Crippen LogP) is 2.05. The molecular formula is C18H32F2N2O3. The van der Waals surface area contributed by atoms with Gasteiger partial charge in [0.05, 0.1) is 33.7 Å². The molecule has 0 aliphatic carbocycles. The number of likely N-dealkylation sites (N-methyl/N-ethyl adjacent to an activating group) is 2. The Morgan fingerprint density at radius 1 is 1.20 bits per heavy atom. The summed E-state index contributed by atoms with van der Waals surface area (Å²) >= 11 is 0. The minimum atomic E-state index is -0.891. The molecule has 3 atom stereocenters. The third kappa shape index (κ3) is 4.14. The fourth-order valence-electron chi connectivity index (χ4n) is 4.59. The van der Waals surface area contributed by atoms with E-state index in [0.29, 0.717) is 32.6 Å². The van der Waals surface area contributed by atoms with Crippen molar-refractivity contribution in [2.45, 2.75) is 43.2 Å². The zero-order valence-corrected chi connectivity index (χ0v) is 15.7. The van der Waals surface area contributed by atoms with Crippen LogP contribution in [0.1, 0.15) is 32.1 Å². The summed E-state index contributed by atoms with van der Waals surface area (Å²) in [6, 6.07) is 0. The molecule has 2 aliphatic rings. The first-order valence-electron chi connectivity index (χ1n) is 9.14. The number of likely N-dealkylation sites (tertiary alicyclic amines) is 2. The molecule has 0 saturated carbocycles. The van der Waals surface area contributed by atoms with Crippen LogP contribution in [0, 0.1) is 5.92 Å². The van der Waals surface area contributed by atoms with Crippen molar-refractivity contribution in [3.05, 3.63) is 0 Å². The van der Waals surface area contributed by atoms with Crippen LogP contribution in [0.5, 0.6) is 0 Å². The van der Waals surface area contributed by atoms with E-state index >= 15 is 0 Å². The average Bonchev–Trinajstić information content (AvgIpc) is 3.09. The van der Waals surface area contributed by atoms with Crippen LogP contribution in [0.15, 0.2) is 0 Å². The van der Waals surface area contributed by atoms with Gasteiger partial charge in [-0.15, -0.1) is 0 Å². The Bertz CT molecular complexity index is 454. The van der Waals surface area contributed by atoms with E-state index in [0.717, 1.165) is 19.4 Å². The van der Waals surface area contributed by atoms with Crippen molar-refractivity contribution in [1.82, 2.24) is 9.80 Å². The van der Waals surface area contributed by atoms with Crippen LogP contribution in [-0.4, -0.2) is 87.7 Å². The first-order chi connectivity index (χ1) is 11.9. The van der Waals surface area contributed by atoms with Gasteiger partial charge in [0.15, 0.2) is 0 Å². The summed E-state index contributed by atoms with van der Waals surface area (Å²) in [5.74, 6) is -0.232. The van der Waals surface area contributed by atoms with Crippen LogP contribution in [-0.2, 0) is 14.3 Å². The Labute approximate surface area is 149 Å². The highest BCUT2D eigenvalue weighted by atomic mass is 19.1. The lowest BCUT2D eigenvalue weighted by atomic mass is 9.89. The van der Waals surface area contributed by atoms with Gasteiger partial charge in [0.1, 0.15) is 5.54 Å². The molecule has 2 fully saturated rings. The van der Waals surface area contributed by atoms with Crippen molar-refractivity contribution < 1.29 is 23.0 Å². The maximum atomic E-state index is 13.0. The lowest BCUT2D eigenvalue weighted by molar-refractivity contribution is -0.153. The molecule has 7 heteroatoms. The first-order valence-corrected chi connectivity index (χ1v) is 9.14. The number of hydrogen-bond acceptors (Lipinski definition) is 5. The monoisotopic (exact) mass is 362 g/mol. The lowest BCUT2D eigenvalue weighted by Crippen LogP contribution is -2.49. The van der Waals surface area contributed by atoms with Crippen LogP contribution >= 0.6 is 0 Å². The van der Waals surface area contributed by atoms with Crippen LogP contribution in [0.4, 0.5) is 8.78 Å². The number of ether oxygens (including phenoxy) is 2. The lowest BCUT2D eigenvalue weighted by Gasteiger charge is -2.35. The van der Waals surface area contributed by atoms with Gasteiger partial charge < -0.3 is 9.47 Å². The summed E-state index contributed by atoms with van der Waals surface area (Å²) in [5.41, 5.74) is -1.10. The maximum absolute atomic E-state index is 13.0. The minimum Gasteiger partial charge on any atom is -0.468 e. The molecule has 0 bridgehead atoms. The van der Waals surface area contributed by atoms with Gasteiger partial charge in [-0.1, -0.05) is 0 Å². The molecule has 0 aromatic carbocycles. The fourth-order valence-corrected chi connectivity index (χ4v) is 4.59. The number of carbonyl (C=O) groups is 1. The normalized spacial score (nSPS) is 33.9. The Hall–Kier alpha value is -0.790. The molecule has 0 spiro atoms. The Kier molecular flexibility index (Phi) is 7.17. The number of rotatable bonds is 9. The fraction of sp³-hybridized carbons (Fsp3) is 0.944. The largest absolute Gasteiger partial charge is 0.468 e. The van der Waals surface area contributed by atoms with E-state index in [4.69, 9.17) is 9.47 Å². The highest BCUT2D eigenvalue weighted by Gasteiger charge is 2.50. The summed E-state index contributed by atoms with van der Waals surface area (Å²) < 4.78 is 36.9. The van der Waals surface area contributed by atoms with E-state index in [-0.39, 0.29) is 30.5 Å². The standard InChI is InChI=1S/C18H32F2N2O3/c1-21-10-4-5-17(21,6-8-19)14-25-13-15-11-18(7-9-20,16(23)24-3)22(2)12-15/h15H,4-14H2,1-3H3. The Morgan fingerprint density at radius 3 is 2.48 bits per heavy atom. The highest BCUT2D eigenvalue weighted by Crippen LogP contribution is 2.37. The molecule has 2 rings (SSSR count). The third-order valence-corrected chi connectivity index (χ3v) is 6.19. The van der Waals surface area contributed by atoms with Gasteiger partial charge in [0.2, 0.25) is 0 Å². The number of esters is 1. The minimum absolute atomic E-state index is 0.140. The SMILES string of the molecule is COC(=O)C1(CCF)CC(COCC2(CCF)CCCN2C)CN1C. The molecule has 0 aromatic heterocycles. The second-order valence-electron chi connectivity index (χ2n) is 7.62. The van der Waals surface area contributed by atoms with Gasteiger partial charge in [0, 0.05) is 18.5 Å². The molecule has 0 N–H and O–H groups in total. The second-order valence-corrected chi connectivity index (χ2v) is 7.62. The van der Waals surface area contributed by atoms with E-state index in [9.17, 15) is 13.6 Å². The summed E-state index contributed by atoms with van der Waals surface area (Å²) in [6.45, 7) is 1.73. The molecule has 0 amide bonds. The maximum Gasteiger partial charge on any atom is 0.326 e. The van der Waals surface area contributed by atoms with Crippen LogP contribution < -0.4 is 0 Å². The molecule has 25 heavy (non-hydrogen) atoms. The van der Waals surface area contributed by atoms with E-state index < -0.39 is 12.2 Å². The van der Waals surface area contributed by atoms with E-state index in [1.54, 1.807) is 0 Å². The molecule has 2 heterocycles. The van der Waals surface area contributed by atoms with Gasteiger partial charge in [-0.25, -0.2) is 0 Å². The quantitative estimate of drug-likeness (QED) is 0.587. The first kappa shape index (κ1) is 20.5. The summed E-state index contributed by atoms with van der Waals surface area (Å²) in [5, 5.41) is 0. The average molecular weight is 362 g/mol. The Balaban J connectivity index is 1.92. The van der Waals surface area contributed by atoms with Crippen molar-refractivity contribution >= 4 is 5.97 Å². The highest BCUT2D eigenvalue weighted by molar-refractivity contribution is 5.81. The van der Waals surface area contributed by atoms with E-state index in [2.05, 4.69) is 4.90 Å². The van der Waals surface area contributed by atoms with Gasteiger partial charge in [-0.05, 0) is 52.2 Å². The number of halogens is 2. The molecule has 5 nitrogen and oxygen atoms in total. The van der Waals surface area contributed by atoms with Crippen molar-refractivity contribution in [2.75, 3.05) is 60.9 Å². The van der Waals surface area contributed by atoms with Gasteiger partial charge in [0.25, 0.3) is 0 Å². The van der Waals surface area contributed by atoms with Crippen molar-refractivity contribution in [1.29, 1.82) is 0 Å². The number of alkyl halides is 2. The van der Waals surface area contributed by atoms with Gasteiger partial charge in [-0.2, -0.15) is 0 Å². The molecule has 0 radical (unpaired) electrons. The number of carbonyl (C=O) groups excluding carboxylic acids is 1. The van der Waals surface area contributed by atoms with E-state index in [1.807, 2.05) is 19.0 Å². The summed E-state index contributed by atoms with van der Waals surface area (Å²) in [7, 11) is 5.21. The van der Waals surface area contributed by atoms with Crippen LogP contribution in [0.3, 0.4) is 0 Å². The topological polar surface area (TPSA) is 42.0 Å². The predicted molar refractivity (Wildman–Crippen MR) is 92.1 cm³/mol. The Morgan fingerprint density at radius 2 is 1.92 bits per heavy atom. The molecule has 3 unspecified atom stereocenters. The summed E-state index contributed by atoms with van der Waals surface area (Å²) in [6.07, 6.45) is 3.18. The number of hydrogen-bond donors (Lipinski definition) is 0. The summed E-state index contributed by atoms with van der Waals surface area (Å²) in [4.78, 5) is 16.3. The van der Waals surface area contributed by atoms with Crippen molar-refractivity contribution in [3.8, 4) is 0 Å². The molecule has 0 aromatic rings. The van der Waals surface area contributed by atoms with Gasteiger partial charge in [-0.3, -0.25) is 23.4 Å². The zero-order valence-electron chi connectivity index (χ0n) is 15.7. The third-order valence-electron chi connectivity index (χ3n) is 6.19. The van der Waals surface area contributed by atoms with Crippen LogP contribution in [0.25, 0.3) is 0 Å². The zero-order chi connectivity index (χ0) is 18.5. The molecule has 146 valence electrons. The second kappa shape index (κ2) is 8.73. The van der Waals surface area contributed by atoms with Crippen LogP contribution in [0.2, 0.25) is 0 Å². The molecular weight excluding hydrogens is 330 g/mol. The molecule has 2 aliphatic heterocycles. The van der Waals surface area contributed by atoms with Crippen molar-refractivity contribution in [3.63, 3.8) is 0 Å². The van der Waals surface area contributed by atoms with Gasteiger partial charge >= 0.3 is 5.97 Å².